The molecular weight excluding hydrogens is 222 g/mol. The van der Waals surface area contributed by atoms with Gasteiger partial charge in [-0.1, -0.05) is 13.8 Å². The van der Waals surface area contributed by atoms with Gasteiger partial charge in [0.2, 0.25) is 0 Å². The number of hydrogen-bond donors (Lipinski definition) is 2. The number of aromatic nitrogens is 2. The highest BCUT2D eigenvalue weighted by atomic mass is 16.4. The minimum atomic E-state index is -1.07. The van der Waals surface area contributed by atoms with Crippen LogP contribution in [0.5, 0.6) is 0 Å². The van der Waals surface area contributed by atoms with E-state index in [0.29, 0.717) is 0 Å². The quantitative estimate of drug-likeness (QED) is 0.777. The summed E-state index contributed by atoms with van der Waals surface area (Å²) >= 11 is 0. The average Bonchev–Trinajstić information content (AvgIpc) is 2.77. The maximum Gasteiger partial charge on any atom is 0.322 e. The number of aliphatic carboxylic acids is 1. The number of carboxylic acid groups (broad SMARTS) is 1. The summed E-state index contributed by atoms with van der Waals surface area (Å²) in [6, 6.07) is 1.87. The molecule has 0 unspecified atom stereocenters. The highest BCUT2D eigenvalue weighted by Crippen LogP contribution is 2.14. The second-order valence-electron chi connectivity index (χ2n) is 3.73. The van der Waals surface area contributed by atoms with Gasteiger partial charge in [0.1, 0.15) is 12.2 Å². The number of amides is 1. The molecule has 17 heavy (non-hydrogen) atoms. The maximum atomic E-state index is 11.5. The smallest absolute Gasteiger partial charge is 0.322 e. The van der Waals surface area contributed by atoms with Crippen molar-refractivity contribution in [1.29, 1.82) is 0 Å². The molecule has 1 aromatic heterocycles. The number of carboxylic acids is 1. The summed E-state index contributed by atoms with van der Waals surface area (Å²) in [5.74, 6) is -1.53. The first-order chi connectivity index (χ1) is 8.08. The number of carbonyl (C=O) groups excluding carboxylic acids is 1. The van der Waals surface area contributed by atoms with E-state index < -0.39 is 18.4 Å². The summed E-state index contributed by atoms with van der Waals surface area (Å²) in [6.45, 7) is 3.72. The molecule has 2 N–H and O–H groups in total. The average molecular weight is 239 g/mol. The predicted molar refractivity (Wildman–Crippen MR) is 61.8 cm³/mol. The maximum absolute atomic E-state index is 11.5. The summed E-state index contributed by atoms with van der Waals surface area (Å²) in [6.07, 6.45) is 3.62. The van der Waals surface area contributed by atoms with Crippen molar-refractivity contribution in [3.05, 3.63) is 18.0 Å². The Morgan fingerprint density at radius 1 is 1.47 bits per heavy atom. The zero-order valence-corrected chi connectivity index (χ0v) is 10.0. The molecule has 1 rings (SSSR count). The fourth-order valence-corrected chi connectivity index (χ4v) is 1.57. The molecule has 6 heteroatoms. The molecule has 0 bridgehead atoms. The lowest BCUT2D eigenvalue weighted by atomic mass is 10.2. The van der Waals surface area contributed by atoms with Crippen LogP contribution >= 0.6 is 0 Å². The summed E-state index contributed by atoms with van der Waals surface area (Å²) in [4.78, 5) is 21.8. The fraction of sp³-hybridized carbons (Fsp3) is 0.545. The van der Waals surface area contributed by atoms with Crippen LogP contribution in [0, 0.1) is 0 Å². The van der Waals surface area contributed by atoms with Gasteiger partial charge in [0, 0.05) is 6.20 Å². The Morgan fingerprint density at radius 2 is 2.12 bits per heavy atom. The van der Waals surface area contributed by atoms with Crippen LogP contribution in [0.25, 0.3) is 0 Å². The second kappa shape index (κ2) is 6.03. The van der Waals surface area contributed by atoms with Gasteiger partial charge in [0.25, 0.3) is 5.91 Å². The molecule has 0 aliphatic heterocycles. The van der Waals surface area contributed by atoms with Crippen molar-refractivity contribution in [1.82, 2.24) is 15.1 Å². The third kappa shape index (κ3) is 3.58. The standard InChI is InChI=1S/C11H17N3O3/c1-3-8(4-2)14-6-5-9(13-14)11(17)12-7-10(15)16/h5-6,8H,3-4,7H2,1-2H3,(H,12,17)(H,15,16). The third-order valence-corrected chi connectivity index (χ3v) is 2.56. The monoisotopic (exact) mass is 239 g/mol. The van der Waals surface area contributed by atoms with E-state index in [-0.39, 0.29) is 11.7 Å². The van der Waals surface area contributed by atoms with Crippen molar-refractivity contribution in [3.8, 4) is 0 Å². The first kappa shape index (κ1) is 13.2. The number of hydrogen-bond acceptors (Lipinski definition) is 3. The number of nitrogens with zero attached hydrogens (tertiary/aromatic N) is 2. The number of carbonyl (C=O) groups is 2. The van der Waals surface area contributed by atoms with Gasteiger partial charge in [-0.15, -0.1) is 0 Å². The topological polar surface area (TPSA) is 84.2 Å². The molecule has 0 spiro atoms. The van der Waals surface area contributed by atoms with Crippen LogP contribution in [-0.2, 0) is 4.79 Å². The van der Waals surface area contributed by atoms with Crippen molar-refractivity contribution in [2.24, 2.45) is 0 Å². The van der Waals surface area contributed by atoms with Crippen molar-refractivity contribution in [2.75, 3.05) is 6.54 Å². The molecule has 0 saturated carbocycles. The van der Waals surface area contributed by atoms with Crippen LogP contribution in [0.2, 0.25) is 0 Å². The molecule has 1 aromatic rings. The van der Waals surface area contributed by atoms with E-state index >= 15 is 0 Å². The molecule has 0 atom stereocenters. The molecule has 0 aliphatic carbocycles. The second-order valence-corrected chi connectivity index (χ2v) is 3.73. The molecule has 1 heterocycles. The predicted octanol–water partition coefficient (Wildman–Crippen LogP) is 1.06. The van der Waals surface area contributed by atoms with Crippen molar-refractivity contribution >= 4 is 11.9 Å². The summed E-state index contributed by atoms with van der Waals surface area (Å²) < 4.78 is 1.75. The van der Waals surface area contributed by atoms with Gasteiger partial charge in [-0.25, -0.2) is 0 Å². The Morgan fingerprint density at radius 3 is 2.65 bits per heavy atom. The highest BCUT2D eigenvalue weighted by Gasteiger charge is 2.13. The summed E-state index contributed by atoms with van der Waals surface area (Å²) in [5.41, 5.74) is 0.248. The molecule has 6 nitrogen and oxygen atoms in total. The van der Waals surface area contributed by atoms with E-state index in [9.17, 15) is 9.59 Å². The zero-order valence-electron chi connectivity index (χ0n) is 10.0. The lowest BCUT2D eigenvalue weighted by Gasteiger charge is -2.12. The van der Waals surface area contributed by atoms with E-state index in [0.717, 1.165) is 12.8 Å². The van der Waals surface area contributed by atoms with E-state index in [1.807, 2.05) is 0 Å². The molecule has 0 fully saturated rings. The molecular formula is C11H17N3O3. The minimum Gasteiger partial charge on any atom is -0.480 e. The van der Waals surface area contributed by atoms with Crippen LogP contribution in [0.15, 0.2) is 12.3 Å². The van der Waals surface area contributed by atoms with Gasteiger partial charge < -0.3 is 10.4 Å². The lowest BCUT2D eigenvalue weighted by molar-refractivity contribution is -0.135. The summed E-state index contributed by atoms with van der Waals surface area (Å²) in [7, 11) is 0. The third-order valence-electron chi connectivity index (χ3n) is 2.56. The van der Waals surface area contributed by atoms with Crippen molar-refractivity contribution in [2.45, 2.75) is 32.7 Å². The Balaban J connectivity index is 2.67. The van der Waals surface area contributed by atoms with Crippen LogP contribution < -0.4 is 5.32 Å². The number of rotatable bonds is 6. The number of nitrogens with one attached hydrogen (secondary N) is 1. The Labute approximate surface area is 99.6 Å². The van der Waals surface area contributed by atoms with Gasteiger partial charge in [-0.2, -0.15) is 5.10 Å². The fourth-order valence-electron chi connectivity index (χ4n) is 1.57. The van der Waals surface area contributed by atoms with Crippen molar-refractivity contribution in [3.63, 3.8) is 0 Å². The minimum absolute atomic E-state index is 0.248. The molecule has 1 amide bonds. The Bertz CT molecular complexity index is 396. The van der Waals surface area contributed by atoms with E-state index in [1.54, 1.807) is 16.9 Å². The highest BCUT2D eigenvalue weighted by molar-refractivity contribution is 5.93. The van der Waals surface area contributed by atoms with E-state index in [1.165, 1.54) is 0 Å². The van der Waals surface area contributed by atoms with Gasteiger partial charge in [0.05, 0.1) is 6.04 Å². The zero-order chi connectivity index (χ0) is 12.8. The Kier molecular flexibility index (Phi) is 4.68. The van der Waals surface area contributed by atoms with Crippen LogP contribution in [0.3, 0.4) is 0 Å². The van der Waals surface area contributed by atoms with Gasteiger partial charge >= 0.3 is 5.97 Å². The van der Waals surface area contributed by atoms with Crippen LogP contribution in [-0.4, -0.2) is 33.3 Å². The molecule has 94 valence electrons. The van der Waals surface area contributed by atoms with E-state index in [4.69, 9.17) is 5.11 Å². The van der Waals surface area contributed by atoms with Crippen LogP contribution in [0.1, 0.15) is 43.2 Å². The molecule has 0 radical (unpaired) electrons. The van der Waals surface area contributed by atoms with Gasteiger partial charge in [0.15, 0.2) is 0 Å². The van der Waals surface area contributed by atoms with Crippen LogP contribution in [0.4, 0.5) is 0 Å². The Hall–Kier alpha value is -1.85. The first-order valence-electron chi connectivity index (χ1n) is 5.63. The summed E-state index contributed by atoms with van der Waals surface area (Å²) in [5, 5.41) is 14.9. The molecule has 0 aliphatic rings. The van der Waals surface area contributed by atoms with Gasteiger partial charge in [-0.05, 0) is 18.9 Å². The SMILES string of the molecule is CCC(CC)n1ccc(C(=O)NCC(=O)O)n1. The largest absolute Gasteiger partial charge is 0.480 e. The molecule has 0 saturated heterocycles. The lowest BCUT2D eigenvalue weighted by Crippen LogP contribution is -2.29. The van der Waals surface area contributed by atoms with Gasteiger partial charge in [-0.3, -0.25) is 14.3 Å². The van der Waals surface area contributed by atoms with E-state index in [2.05, 4.69) is 24.3 Å². The normalized spacial score (nSPS) is 10.5. The first-order valence-corrected chi connectivity index (χ1v) is 5.63. The molecule has 0 aromatic carbocycles. The van der Waals surface area contributed by atoms with Crippen molar-refractivity contribution < 1.29 is 14.7 Å².